The Hall–Kier alpha value is -3.50. The lowest BCUT2D eigenvalue weighted by atomic mass is 9.86. The van der Waals surface area contributed by atoms with Crippen LogP contribution in [-0.2, 0) is 0 Å². The fourth-order valence-corrected chi connectivity index (χ4v) is 4.51. The molecule has 0 unspecified atom stereocenters. The molecule has 0 amide bonds. The van der Waals surface area contributed by atoms with Crippen molar-refractivity contribution >= 4 is 27.1 Å². The predicted molar refractivity (Wildman–Crippen MR) is 137 cm³/mol. The molecule has 1 aliphatic heterocycles. The zero-order valence-electron chi connectivity index (χ0n) is 18.5. The van der Waals surface area contributed by atoms with Crippen molar-refractivity contribution in [2.45, 2.75) is 0 Å². The van der Waals surface area contributed by atoms with Gasteiger partial charge < -0.3 is 14.2 Å². The third-order valence-corrected chi connectivity index (χ3v) is 6.42. The molecule has 0 aliphatic carbocycles. The van der Waals surface area contributed by atoms with Gasteiger partial charge in [-0.2, -0.15) is 0 Å². The van der Waals surface area contributed by atoms with E-state index >= 15 is 0 Å². The highest BCUT2D eigenvalue weighted by Crippen LogP contribution is 2.44. The van der Waals surface area contributed by atoms with Crippen molar-refractivity contribution in [3.8, 4) is 28.4 Å². The number of fused-ring (bicyclic) bond motifs is 1. The zero-order chi connectivity index (χ0) is 22.8. The summed E-state index contributed by atoms with van der Waals surface area (Å²) in [5.74, 6) is 2.28. The summed E-state index contributed by atoms with van der Waals surface area (Å²) in [6.07, 6.45) is 0. The van der Waals surface area contributed by atoms with Crippen LogP contribution in [0.4, 0.5) is 0 Å². The van der Waals surface area contributed by atoms with E-state index in [1.807, 2.05) is 18.2 Å². The van der Waals surface area contributed by atoms with E-state index in [1.165, 1.54) is 0 Å². The van der Waals surface area contributed by atoms with Crippen LogP contribution in [0, 0.1) is 0 Å². The second-order valence-corrected chi connectivity index (χ2v) is 8.71. The maximum absolute atomic E-state index is 6.23. The molecule has 0 saturated carbocycles. The number of hydrogen-bond donors (Lipinski definition) is 0. The molecule has 4 aromatic carbocycles. The van der Waals surface area contributed by atoms with Crippen LogP contribution in [0.5, 0.6) is 17.2 Å². The highest BCUT2D eigenvalue weighted by Gasteiger charge is 2.24. The summed E-state index contributed by atoms with van der Waals surface area (Å²) < 4.78 is 18.4. The largest absolute Gasteiger partial charge is 0.493 e. The van der Waals surface area contributed by atoms with Gasteiger partial charge >= 0.3 is 0 Å². The van der Waals surface area contributed by atoms with Crippen LogP contribution >= 0.6 is 15.9 Å². The summed E-state index contributed by atoms with van der Waals surface area (Å²) in [7, 11) is 3.32. The number of benzene rings is 4. The topological polar surface area (TPSA) is 27.7 Å². The van der Waals surface area contributed by atoms with Crippen LogP contribution in [-0.4, -0.2) is 20.8 Å². The molecule has 0 saturated heterocycles. The molecule has 4 heteroatoms. The van der Waals surface area contributed by atoms with E-state index in [0.717, 1.165) is 49.2 Å². The first-order chi connectivity index (χ1) is 16.2. The first kappa shape index (κ1) is 21.4. The second kappa shape index (κ2) is 9.16. The number of methoxy groups -OCH3 is 2. The normalized spacial score (nSPS) is 12.7. The minimum Gasteiger partial charge on any atom is -0.493 e. The highest BCUT2D eigenvalue weighted by atomic mass is 79.9. The van der Waals surface area contributed by atoms with E-state index in [9.17, 15) is 0 Å². The first-order valence-corrected chi connectivity index (χ1v) is 11.5. The van der Waals surface area contributed by atoms with Gasteiger partial charge in [-0.15, -0.1) is 0 Å². The molecule has 3 nitrogen and oxygen atoms in total. The van der Waals surface area contributed by atoms with Crippen molar-refractivity contribution in [1.82, 2.24) is 0 Å². The molecule has 164 valence electrons. The lowest BCUT2D eigenvalue weighted by molar-refractivity contribution is 0.354. The van der Waals surface area contributed by atoms with E-state index in [4.69, 9.17) is 14.2 Å². The van der Waals surface area contributed by atoms with Crippen molar-refractivity contribution in [3.63, 3.8) is 0 Å². The Morgan fingerprint density at radius 1 is 0.667 bits per heavy atom. The second-order valence-electron chi connectivity index (χ2n) is 7.80. The van der Waals surface area contributed by atoms with E-state index in [0.29, 0.717) is 18.1 Å². The fraction of sp³-hybridized carbons (Fsp3) is 0.103. The van der Waals surface area contributed by atoms with E-state index in [2.05, 4.69) is 88.7 Å². The molecule has 0 aromatic heterocycles. The molecule has 1 heterocycles. The lowest BCUT2D eigenvalue weighted by Gasteiger charge is -2.26. The maximum Gasteiger partial charge on any atom is 0.161 e. The van der Waals surface area contributed by atoms with Gasteiger partial charge in [0.15, 0.2) is 11.5 Å². The molecule has 0 atom stereocenters. The molecule has 4 aromatic rings. The number of halogens is 1. The van der Waals surface area contributed by atoms with Gasteiger partial charge in [0.1, 0.15) is 12.4 Å². The third kappa shape index (κ3) is 4.14. The summed E-state index contributed by atoms with van der Waals surface area (Å²) >= 11 is 3.53. The standard InChI is InChI=1S/C29H23BrO3/c1-31-27-15-11-22(17-28(27)32-2)29-24-16-21(19-8-12-23(30)13-9-19)10-14-26(24)33-18-25(29)20-6-4-3-5-7-20/h3-17H,18H2,1-2H3. The average Bonchev–Trinajstić information content (AvgIpc) is 2.88. The van der Waals surface area contributed by atoms with Gasteiger partial charge in [0, 0.05) is 15.6 Å². The summed E-state index contributed by atoms with van der Waals surface area (Å²) in [5, 5.41) is 0. The van der Waals surface area contributed by atoms with Crippen molar-refractivity contribution < 1.29 is 14.2 Å². The predicted octanol–water partition coefficient (Wildman–Crippen LogP) is 7.48. The van der Waals surface area contributed by atoms with Gasteiger partial charge in [0.25, 0.3) is 0 Å². The summed E-state index contributed by atoms with van der Waals surface area (Å²) in [6.45, 7) is 0.498. The molecule has 0 fully saturated rings. The Balaban J connectivity index is 1.74. The van der Waals surface area contributed by atoms with Crippen molar-refractivity contribution in [1.29, 1.82) is 0 Å². The quantitative estimate of drug-likeness (QED) is 0.285. The Bertz CT molecular complexity index is 1330. The van der Waals surface area contributed by atoms with Crippen molar-refractivity contribution in [3.05, 3.63) is 112 Å². The third-order valence-electron chi connectivity index (χ3n) is 5.89. The number of ether oxygens (including phenoxy) is 3. The smallest absolute Gasteiger partial charge is 0.161 e. The molecule has 0 N–H and O–H groups in total. The van der Waals surface area contributed by atoms with E-state index < -0.39 is 0 Å². The van der Waals surface area contributed by atoms with Gasteiger partial charge in [-0.1, -0.05) is 70.5 Å². The zero-order valence-corrected chi connectivity index (χ0v) is 20.1. The number of rotatable bonds is 5. The summed E-state index contributed by atoms with van der Waals surface area (Å²) in [5.41, 5.74) is 7.83. The minimum atomic E-state index is 0.498. The minimum absolute atomic E-state index is 0.498. The SMILES string of the molecule is COc1ccc(C2=C(c3ccccc3)COc3ccc(-c4ccc(Br)cc4)cc32)cc1OC. The highest BCUT2D eigenvalue weighted by molar-refractivity contribution is 9.10. The Morgan fingerprint density at radius 3 is 2.09 bits per heavy atom. The first-order valence-electron chi connectivity index (χ1n) is 10.7. The van der Waals surface area contributed by atoms with E-state index in [1.54, 1.807) is 14.2 Å². The van der Waals surface area contributed by atoms with Crippen LogP contribution in [0.1, 0.15) is 16.7 Å². The molecule has 5 rings (SSSR count). The average molecular weight is 499 g/mol. The van der Waals surface area contributed by atoms with Gasteiger partial charge in [-0.25, -0.2) is 0 Å². The number of hydrogen-bond acceptors (Lipinski definition) is 3. The van der Waals surface area contributed by atoms with Gasteiger partial charge in [-0.05, 0) is 64.2 Å². The molecule has 0 spiro atoms. The van der Waals surface area contributed by atoms with Gasteiger partial charge in [0.2, 0.25) is 0 Å². The Morgan fingerprint density at radius 2 is 1.36 bits per heavy atom. The maximum atomic E-state index is 6.23. The van der Waals surface area contributed by atoms with Gasteiger partial charge in [-0.3, -0.25) is 0 Å². The van der Waals surface area contributed by atoms with Crippen LogP contribution in [0.3, 0.4) is 0 Å². The molecule has 33 heavy (non-hydrogen) atoms. The van der Waals surface area contributed by atoms with Crippen LogP contribution in [0.15, 0.2) is 95.5 Å². The van der Waals surface area contributed by atoms with Crippen LogP contribution < -0.4 is 14.2 Å². The molecular formula is C29H23BrO3. The lowest BCUT2D eigenvalue weighted by Crippen LogP contribution is -2.12. The van der Waals surface area contributed by atoms with Gasteiger partial charge in [0.05, 0.1) is 14.2 Å². The van der Waals surface area contributed by atoms with E-state index in [-0.39, 0.29) is 0 Å². The van der Waals surface area contributed by atoms with Crippen molar-refractivity contribution in [2.24, 2.45) is 0 Å². The molecule has 0 radical (unpaired) electrons. The monoisotopic (exact) mass is 498 g/mol. The van der Waals surface area contributed by atoms with Crippen LogP contribution in [0.2, 0.25) is 0 Å². The fourth-order valence-electron chi connectivity index (χ4n) is 4.25. The molecule has 0 bridgehead atoms. The Kier molecular flexibility index (Phi) is 5.93. The Labute approximate surface area is 202 Å². The van der Waals surface area contributed by atoms with Crippen molar-refractivity contribution in [2.75, 3.05) is 20.8 Å². The molecular weight excluding hydrogens is 476 g/mol. The summed E-state index contributed by atoms with van der Waals surface area (Å²) in [6, 6.07) is 31.2. The summed E-state index contributed by atoms with van der Waals surface area (Å²) in [4.78, 5) is 0. The molecule has 1 aliphatic rings. The van der Waals surface area contributed by atoms with Crippen LogP contribution in [0.25, 0.3) is 22.3 Å².